The quantitative estimate of drug-likeness (QED) is 0.859. The van der Waals surface area contributed by atoms with Gasteiger partial charge >= 0.3 is 0 Å². The van der Waals surface area contributed by atoms with E-state index < -0.39 is 0 Å². The van der Waals surface area contributed by atoms with Crippen LogP contribution in [0.15, 0.2) is 6.33 Å². The Labute approximate surface area is 114 Å². The summed E-state index contributed by atoms with van der Waals surface area (Å²) >= 11 is 2.06. The number of nitrogens with zero attached hydrogens (tertiary/aromatic N) is 3. The second-order valence-electron chi connectivity index (χ2n) is 5.05. The van der Waals surface area contributed by atoms with Crippen LogP contribution >= 0.6 is 11.8 Å². The van der Waals surface area contributed by atoms with E-state index in [1.807, 2.05) is 4.68 Å². The molecule has 0 saturated heterocycles. The van der Waals surface area contributed by atoms with Crippen LogP contribution in [0.25, 0.3) is 0 Å². The van der Waals surface area contributed by atoms with E-state index in [0.717, 1.165) is 29.8 Å². The normalized spacial score (nSPS) is 19.0. The molecule has 0 bridgehead atoms. The molecule has 1 aromatic rings. The Hall–Kier alpha value is -0.550. The van der Waals surface area contributed by atoms with Gasteiger partial charge in [-0.15, -0.1) is 0 Å². The molecular formula is C13H24N4S. The topological polar surface area (TPSA) is 56.7 Å². The number of hydrogen-bond donors (Lipinski definition) is 1. The molecule has 4 nitrogen and oxygen atoms in total. The average molecular weight is 268 g/mol. The lowest BCUT2D eigenvalue weighted by atomic mass is 10.0. The van der Waals surface area contributed by atoms with Crippen LogP contribution in [0.3, 0.4) is 0 Å². The molecule has 5 heteroatoms. The van der Waals surface area contributed by atoms with Crippen LogP contribution in [0.5, 0.6) is 0 Å². The summed E-state index contributed by atoms with van der Waals surface area (Å²) in [6.45, 7) is 2.96. The summed E-state index contributed by atoms with van der Waals surface area (Å²) in [7, 11) is 0. The van der Waals surface area contributed by atoms with Crippen molar-refractivity contribution < 1.29 is 0 Å². The van der Waals surface area contributed by atoms with Gasteiger partial charge in [0, 0.05) is 30.0 Å². The predicted molar refractivity (Wildman–Crippen MR) is 76.7 cm³/mol. The number of aryl methyl sites for hydroxylation is 1. The molecule has 1 saturated carbocycles. The molecule has 1 atom stereocenters. The van der Waals surface area contributed by atoms with Crippen LogP contribution in [0.2, 0.25) is 0 Å². The van der Waals surface area contributed by atoms with E-state index >= 15 is 0 Å². The van der Waals surface area contributed by atoms with Crippen molar-refractivity contribution >= 4 is 11.8 Å². The van der Waals surface area contributed by atoms with Gasteiger partial charge in [0.05, 0.1) is 0 Å². The van der Waals surface area contributed by atoms with Crippen LogP contribution in [0, 0.1) is 0 Å². The summed E-state index contributed by atoms with van der Waals surface area (Å²) in [5.74, 6) is 2.07. The molecule has 2 rings (SSSR count). The average Bonchev–Trinajstić information content (AvgIpc) is 2.85. The lowest BCUT2D eigenvalue weighted by molar-refractivity contribution is 0.515. The minimum Gasteiger partial charge on any atom is -0.327 e. The van der Waals surface area contributed by atoms with Gasteiger partial charge in [0.25, 0.3) is 0 Å². The second kappa shape index (κ2) is 7.14. The van der Waals surface area contributed by atoms with Gasteiger partial charge < -0.3 is 5.73 Å². The van der Waals surface area contributed by atoms with Crippen LogP contribution < -0.4 is 5.73 Å². The number of hydrogen-bond acceptors (Lipinski definition) is 4. The Balaban J connectivity index is 1.72. The summed E-state index contributed by atoms with van der Waals surface area (Å²) in [6, 6.07) is 0.200. The van der Waals surface area contributed by atoms with Crippen molar-refractivity contribution in [2.75, 3.05) is 5.75 Å². The molecular weight excluding hydrogens is 244 g/mol. The van der Waals surface area contributed by atoms with Crippen molar-refractivity contribution in [1.29, 1.82) is 0 Å². The zero-order chi connectivity index (χ0) is 12.8. The molecule has 2 N–H and O–H groups in total. The third-order valence-electron chi connectivity index (χ3n) is 3.54. The molecule has 1 aromatic heterocycles. The maximum atomic E-state index is 6.20. The van der Waals surface area contributed by atoms with E-state index in [-0.39, 0.29) is 6.04 Å². The van der Waals surface area contributed by atoms with Gasteiger partial charge in [-0.1, -0.05) is 19.3 Å². The smallest absolute Gasteiger partial charge is 0.138 e. The van der Waals surface area contributed by atoms with Crippen molar-refractivity contribution in [3.05, 3.63) is 12.2 Å². The van der Waals surface area contributed by atoms with Crippen molar-refractivity contribution in [2.45, 2.75) is 63.3 Å². The van der Waals surface area contributed by atoms with Gasteiger partial charge in [-0.2, -0.15) is 16.9 Å². The standard InChI is InChI=1S/C13H24N4S/c1-2-17-13(15-10-16-17)8-11(14)9-18-12-6-4-3-5-7-12/h10-12H,2-9,14H2,1H3. The van der Waals surface area contributed by atoms with E-state index in [9.17, 15) is 0 Å². The van der Waals surface area contributed by atoms with Gasteiger partial charge in [0.1, 0.15) is 12.2 Å². The molecule has 0 spiro atoms. The highest BCUT2D eigenvalue weighted by molar-refractivity contribution is 7.99. The number of nitrogens with two attached hydrogens (primary N) is 1. The summed E-state index contributed by atoms with van der Waals surface area (Å²) in [5, 5.41) is 5.02. The second-order valence-corrected chi connectivity index (χ2v) is 6.38. The summed E-state index contributed by atoms with van der Waals surface area (Å²) in [6.07, 6.45) is 9.44. The van der Waals surface area contributed by atoms with Crippen LogP contribution in [-0.2, 0) is 13.0 Å². The Morgan fingerprint density at radius 2 is 2.22 bits per heavy atom. The number of thioether (sulfide) groups is 1. The largest absolute Gasteiger partial charge is 0.327 e. The highest BCUT2D eigenvalue weighted by Crippen LogP contribution is 2.28. The minimum atomic E-state index is 0.200. The maximum Gasteiger partial charge on any atom is 0.138 e. The van der Waals surface area contributed by atoms with E-state index in [1.165, 1.54) is 32.1 Å². The van der Waals surface area contributed by atoms with E-state index in [1.54, 1.807) is 6.33 Å². The Bertz CT molecular complexity index is 347. The van der Waals surface area contributed by atoms with Crippen molar-refractivity contribution in [1.82, 2.24) is 14.8 Å². The van der Waals surface area contributed by atoms with Gasteiger partial charge in [0.15, 0.2) is 0 Å². The summed E-state index contributed by atoms with van der Waals surface area (Å²) in [5.41, 5.74) is 6.20. The first kappa shape index (κ1) is 13.9. The molecule has 102 valence electrons. The first-order chi connectivity index (χ1) is 8.79. The Kier molecular flexibility index (Phi) is 5.50. The molecule has 0 aliphatic heterocycles. The lowest BCUT2D eigenvalue weighted by Crippen LogP contribution is -2.28. The molecule has 1 aliphatic carbocycles. The first-order valence-corrected chi connectivity index (χ1v) is 8.08. The van der Waals surface area contributed by atoms with Gasteiger partial charge in [-0.3, -0.25) is 4.68 Å². The fourth-order valence-corrected chi connectivity index (χ4v) is 3.80. The molecule has 1 unspecified atom stereocenters. The van der Waals surface area contributed by atoms with Gasteiger partial charge in [0.2, 0.25) is 0 Å². The molecule has 18 heavy (non-hydrogen) atoms. The number of rotatable bonds is 6. The van der Waals surface area contributed by atoms with E-state index in [4.69, 9.17) is 5.73 Å². The van der Waals surface area contributed by atoms with Crippen LogP contribution in [0.1, 0.15) is 44.9 Å². The van der Waals surface area contributed by atoms with E-state index in [0.29, 0.717) is 0 Å². The van der Waals surface area contributed by atoms with Gasteiger partial charge in [-0.05, 0) is 19.8 Å². The zero-order valence-corrected chi connectivity index (χ0v) is 12.0. The van der Waals surface area contributed by atoms with Crippen molar-refractivity contribution in [3.63, 3.8) is 0 Å². The van der Waals surface area contributed by atoms with E-state index in [2.05, 4.69) is 28.8 Å². The molecule has 1 fully saturated rings. The van der Waals surface area contributed by atoms with Gasteiger partial charge in [-0.25, -0.2) is 4.98 Å². The fourth-order valence-electron chi connectivity index (χ4n) is 2.50. The minimum absolute atomic E-state index is 0.200. The maximum absolute atomic E-state index is 6.20. The fraction of sp³-hybridized carbons (Fsp3) is 0.846. The third-order valence-corrected chi connectivity index (χ3v) is 5.10. The SMILES string of the molecule is CCn1ncnc1CC(N)CSC1CCCCC1. The molecule has 0 aromatic carbocycles. The Morgan fingerprint density at radius 3 is 2.94 bits per heavy atom. The molecule has 0 amide bonds. The highest BCUT2D eigenvalue weighted by atomic mass is 32.2. The molecule has 1 heterocycles. The Morgan fingerprint density at radius 1 is 1.44 bits per heavy atom. The van der Waals surface area contributed by atoms with Crippen molar-refractivity contribution in [2.24, 2.45) is 5.73 Å². The molecule has 0 radical (unpaired) electrons. The zero-order valence-electron chi connectivity index (χ0n) is 11.2. The number of aromatic nitrogens is 3. The molecule has 1 aliphatic rings. The predicted octanol–water partition coefficient (Wildman–Crippen LogP) is 2.23. The summed E-state index contributed by atoms with van der Waals surface area (Å²) in [4.78, 5) is 4.28. The van der Waals surface area contributed by atoms with Crippen LogP contribution in [-0.4, -0.2) is 31.8 Å². The highest BCUT2D eigenvalue weighted by Gasteiger charge is 2.16. The van der Waals surface area contributed by atoms with Crippen LogP contribution in [0.4, 0.5) is 0 Å². The third kappa shape index (κ3) is 3.99. The summed E-state index contributed by atoms with van der Waals surface area (Å²) < 4.78 is 1.94. The lowest BCUT2D eigenvalue weighted by Gasteiger charge is -2.22. The van der Waals surface area contributed by atoms with Crippen molar-refractivity contribution in [3.8, 4) is 0 Å². The first-order valence-electron chi connectivity index (χ1n) is 7.03. The monoisotopic (exact) mass is 268 g/mol.